The molecule has 0 radical (unpaired) electrons. The number of imidazole rings is 1. The van der Waals surface area contributed by atoms with Crippen LogP contribution in [0.2, 0.25) is 0 Å². The third kappa shape index (κ3) is 4.18. The summed E-state index contributed by atoms with van der Waals surface area (Å²) < 4.78 is 2.21. The molecule has 0 aliphatic heterocycles. The Hall–Kier alpha value is -2.69. The molecule has 0 unspecified atom stereocenters. The van der Waals surface area contributed by atoms with Crippen molar-refractivity contribution in [2.75, 3.05) is 13.1 Å². The van der Waals surface area contributed by atoms with Crippen molar-refractivity contribution in [2.45, 2.75) is 13.3 Å². The Morgan fingerprint density at radius 2 is 1.93 bits per heavy atom. The maximum absolute atomic E-state index is 4.93. The molecule has 0 aliphatic rings. The number of nitrogens with one attached hydrogen (secondary N) is 1. The standard InChI is InChI=1S/C23H23N3S/c1-18(16-19-8-3-2-4-9-19)17-24-13-12-22-25-23(21-11-7-15-27-21)20-10-5-6-14-26(20)22/h2-11,14-16,24H,12-13,17H2,1H3/b18-16+. The highest BCUT2D eigenvalue weighted by Crippen LogP contribution is 2.28. The molecular weight excluding hydrogens is 350 g/mol. The summed E-state index contributed by atoms with van der Waals surface area (Å²) in [5.41, 5.74) is 4.83. The molecule has 136 valence electrons. The number of fused-ring (bicyclic) bond motifs is 1. The van der Waals surface area contributed by atoms with E-state index in [1.165, 1.54) is 21.5 Å². The molecule has 0 aliphatic carbocycles. The van der Waals surface area contributed by atoms with Gasteiger partial charge in [-0.15, -0.1) is 11.3 Å². The van der Waals surface area contributed by atoms with Crippen molar-refractivity contribution in [1.29, 1.82) is 0 Å². The minimum Gasteiger partial charge on any atom is -0.313 e. The van der Waals surface area contributed by atoms with Gasteiger partial charge in [-0.25, -0.2) is 4.98 Å². The van der Waals surface area contributed by atoms with Crippen LogP contribution in [0, 0.1) is 0 Å². The van der Waals surface area contributed by atoms with E-state index < -0.39 is 0 Å². The molecule has 0 atom stereocenters. The highest BCUT2D eigenvalue weighted by Gasteiger charge is 2.12. The number of hydrogen-bond donors (Lipinski definition) is 1. The van der Waals surface area contributed by atoms with Crippen molar-refractivity contribution in [1.82, 2.24) is 14.7 Å². The van der Waals surface area contributed by atoms with Crippen molar-refractivity contribution in [3.8, 4) is 10.6 Å². The molecule has 0 saturated heterocycles. The quantitative estimate of drug-likeness (QED) is 0.446. The largest absolute Gasteiger partial charge is 0.313 e. The molecule has 0 saturated carbocycles. The van der Waals surface area contributed by atoms with E-state index in [0.29, 0.717) is 0 Å². The minimum absolute atomic E-state index is 0.885. The number of aromatic nitrogens is 2. The molecule has 0 fully saturated rings. The van der Waals surface area contributed by atoms with Crippen LogP contribution in [0.1, 0.15) is 18.3 Å². The van der Waals surface area contributed by atoms with Gasteiger partial charge < -0.3 is 9.72 Å². The smallest absolute Gasteiger partial charge is 0.115 e. The molecule has 0 spiro atoms. The Bertz CT molecular complexity index is 1030. The molecule has 3 heterocycles. The summed E-state index contributed by atoms with van der Waals surface area (Å²) >= 11 is 1.74. The fourth-order valence-corrected chi connectivity index (χ4v) is 3.97. The van der Waals surface area contributed by atoms with Gasteiger partial charge in [0.15, 0.2) is 0 Å². The highest BCUT2D eigenvalue weighted by atomic mass is 32.1. The minimum atomic E-state index is 0.885. The van der Waals surface area contributed by atoms with Crippen molar-refractivity contribution < 1.29 is 0 Å². The van der Waals surface area contributed by atoms with Crippen LogP contribution < -0.4 is 5.32 Å². The third-order valence-electron chi connectivity index (χ3n) is 4.52. The van der Waals surface area contributed by atoms with Gasteiger partial charge in [-0.3, -0.25) is 0 Å². The Kier molecular flexibility index (Phi) is 5.47. The van der Waals surface area contributed by atoms with E-state index in [0.717, 1.165) is 31.0 Å². The SMILES string of the molecule is C/C(=C\c1ccccc1)CNCCc1nc(-c2cccs2)c2ccccn12. The van der Waals surface area contributed by atoms with Gasteiger partial charge in [0.2, 0.25) is 0 Å². The molecule has 4 heteroatoms. The van der Waals surface area contributed by atoms with Gasteiger partial charge >= 0.3 is 0 Å². The molecule has 27 heavy (non-hydrogen) atoms. The molecule has 1 aromatic carbocycles. The second-order valence-corrected chi connectivity index (χ2v) is 7.59. The first kappa shape index (κ1) is 17.7. The molecule has 0 amide bonds. The van der Waals surface area contributed by atoms with Crippen LogP contribution in [-0.2, 0) is 6.42 Å². The van der Waals surface area contributed by atoms with Crippen LogP contribution in [-0.4, -0.2) is 22.5 Å². The average Bonchev–Trinajstić information content (AvgIpc) is 3.34. The summed E-state index contributed by atoms with van der Waals surface area (Å²) in [5, 5.41) is 5.65. The second kappa shape index (κ2) is 8.33. The van der Waals surface area contributed by atoms with Crippen molar-refractivity contribution in [3.05, 3.63) is 89.2 Å². The first-order valence-electron chi connectivity index (χ1n) is 9.24. The third-order valence-corrected chi connectivity index (χ3v) is 5.39. The Balaban J connectivity index is 1.42. The molecule has 3 aromatic heterocycles. The van der Waals surface area contributed by atoms with E-state index in [-0.39, 0.29) is 0 Å². The van der Waals surface area contributed by atoms with Crippen molar-refractivity contribution in [3.63, 3.8) is 0 Å². The number of nitrogens with zero attached hydrogens (tertiary/aromatic N) is 2. The summed E-state index contributed by atoms with van der Waals surface area (Å²) in [6.07, 6.45) is 5.23. The van der Waals surface area contributed by atoms with Gasteiger partial charge in [0.25, 0.3) is 0 Å². The predicted octanol–water partition coefficient (Wildman–Crippen LogP) is 5.30. The van der Waals surface area contributed by atoms with Gasteiger partial charge in [-0.1, -0.05) is 54.1 Å². The lowest BCUT2D eigenvalue weighted by molar-refractivity contribution is 0.706. The Morgan fingerprint density at radius 3 is 2.74 bits per heavy atom. The monoisotopic (exact) mass is 373 g/mol. The fourth-order valence-electron chi connectivity index (χ4n) is 3.24. The van der Waals surface area contributed by atoms with E-state index in [9.17, 15) is 0 Å². The summed E-state index contributed by atoms with van der Waals surface area (Å²) in [4.78, 5) is 6.16. The average molecular weight is 374 g/mol. The number of rotatable bonds is 7. The zero-order chi connectivity index (χ0) is 18.5. The topological polar surface area (TPSA) is 29.3 Å². The Labute approximate surface area is 164 Å². The van der Waals surface area contributed by atoms with E-state index >= 15 is 0 Å². The molecule has 4 rings (SSSR count). The molecule has 1 N–H and O–H groups in total. The van der Waals surface area contributed by atoms with E-state index in [1.807, 2.05) is 6.07 Å². The van der Waals surface area contributed by atoms with E-state index in [4.69, 9.17) is 4.98 Å². The first-order chi connectivity index (χ1) is 13.3. The normalized spacial score (nSPS) is 12.0. The maximum atomic E-state index is 4.93. The van der Waals surface area contributed by atoms with Crippen LogP contribution in [0.15, 0.2) is 77.8 Å². The van der Waals surface area contributed by atoms with E-state index in [2.05, 4.69) is 88.9 Å². The van der Waals surface area contributed by atoms with Crippen LogP contribution in [0.5, 0.6) is 0 Å². The fraction of sp³-hybridized carbons (Fsp3) is 0.174. The van der Waals surface area contributed by atoms with Gasteiger partial charge in [-0.05, 0) is 36.1 Å². The second-order valence-electron chi connectivity index (χ2n) is 6.64. The van der Waals surface area contributed by atoms with Crippen LogP contribution in [0.25, 0.3) is 22.2 Å². The van der Waals surface area contributed by atoms with E-state index in [1.54, 1.807) is 11.3 Å². The summed E-state index contributed by atoms with van der Waals surface area (Å²) in [6, 6.07) is 21.0. The molecular formula is C23H23N3S. The van der Waals surface area contributed by atoms with Crippen LogP contribution >= 0.6 is 11.3 Å². The van der Waals surface area contributed by atoms with Gasteiger partial charge in [0.05, 0.1) is 10.4 Å². The van der Waals surface area contributed by atoms with Crippen LogP contribution in [0.3, 0.4) is 0 Å². The zero-order valence-electron chi connectivity index (χ0n) is 15.4. The first-order valence-corrected chi connectivity index (χ1v) is 10.1. The maximum Gasteiger partial charge on any atom is 0.115 e. The van der Waals surface area contributed by atoms with Gasteiger partial charge in [0, 0.05) is 25.7 Å². The lowest BCUT2D eigenvalue weighted by Gasteiger charge is -2.05. The predicted molar refractivity (Wildman–Crippen MR) is 115 cm³/mol. The Morgan fingerprint density at radius 1 is 1.07 bits per heavy atom. The van der Waals surface area contributed by atoms with Gasteiger partial charge in [0.1, 0.15) is 11.5 Å². The summed E-state index contributed by atoms with van der Waals surface area (Å²) in [7, 11) is 0. The number of hydrogen-bond acceptors (Lipinski definition) is 3. The number of benzene rings is 1. The molecule has 0 bridgehead atoms. The van der Waals surface area contributed by atoms with Gasteiger partial charge in [-0.2, -0.15) is 0 Å². The lowest BCUT2D eigenvalue weighted by Crippen LogP contribution is -2.20. The molecule has 4 aromatic rings. The molecule has 3 nitrogen and oxygen atoms in total. The number of thiophene rings is 1. The highest BCUT2D eigenvalue weighted by molar-refractivity contribution is 7.13. The lowest BCUT2D eigenvalue weighted by atomic mass is 10.1. The zero-order valence-corrected chi connectivity index (χ0v) is 16.2. The number of pyridine rings is 1. The van der Waals surface area contributed by atoms with Crippen molar-refractivity contribution in [2.24, 2.45) is 0 Å². The van der Waals surface area contributed by atoms with Crippen LogP contribution in [0.4, 0.5) is 0 Å². The summed E-state index contributed by atoms with van der Waals surface area (Å²) in [6.45, 7) is 3.95. The summed E-state index contributed by atoms with van der Waals surface area (Å²) in [5.74, 6) is 1.10. The van der Waals surface area contributed by atoms with Crippen molar-refractivity contribution >= 4 is 22.9 Å².